The van der Waals surface area contributed by atoms with Crippen LogP contribution in [-0.4, -0.2) is 42.3 Å². The van der Waals surface area contributed by atoms with Gasteiger partial charge in [0, 0.05) is 7.11 Å². The van der Waals surface area contributed by atoms with Crippen molar-refractivity contribution in [1.29, 1.82) is 0 Å². The lowest BCUT2D eigenvalue weighted by Crippen LogP contribution is -2.51. The van der Waals surface area contributed by atoms with E-state index in [9.17, 15) is 9.59 Å². The van der Waals surface area contributed by atoms with E-state index in [2.05, 4.69) is 10.1 Å². The number of carbonyl (C=O) groups is 2. The summed E-state index contributed by atoms with van der Waals surface area (Å²) in [5.41, 5.74) is 4.37. The van der Waals surface area contributed by atoms with Crippen LogP contribution in [-0.2, 0) is 14.3 Å². The Kier molecular flexibility index (Phi) is 3.07. The van der Waals surface area contributed by atoms with Gasteiger partial charge in [0.2, 0.25) is 5.91 Å². The standard InChI is InChI=1S/C8H14N2O4/c1-14-4-5(9)6(11)10-8(2-3-8)7(12)13/h5H,2-4,9H2,1H3,(H,10,11)(H,12,13). The van der Waals surface area contributed by atoms with Crippen molar-refractivity contribution in [2.24, 2.45) is 5.73 Å². The highest BCUT2D eigenvalue weighted by Gasteiger charge is 2.52. The van der Waals surface area contributed by atoms with Crippen LogP contribution < -0.4 is 11.1 Å². The second kappa shape index (κ2) is 3.93. The number of ether oxygens (including phenoxy) is 1. The third-order valence-corrected chi connectivity index (χ3v) is 2.20. The molecule has 0 aromatic carbocycles. The summed E-state index contributed by atoms with van der Waals surface area (Å²) in [6, 6.07) is -0.808. The van der Waals surface area contributed by atoms with Crippen molar-refractivity contribution in [3.63, 3.8) is 0 Å². The lowest BCUT2D eigenvalue weighted by Gasteiger charge is -2.15. The predicted octanol–water partition coefficient (Wildman–Crippen LogP) is -1.31. The van der Waals surface area contributed by atoms with E-state index in [0.29, 0.717) is 12.8 Å². The van der Waals surface area contributed by atoms with Gasteiger partial charge in [-0.15, -0.1) is 0 Å². The number of hydrogen-bond acceptors (Lipinski definition) is 4. The number of aliphatic carboxylic acids is 1. The molecule has 1 atom stereocenters. The maximum Gasteiger partial charge on any atom is 0.329 e. The molecule has 0 spiro atoms. The van der Waals surface area contributed by atoms with Gasteiger partial charge in [-0.05, 0) is 12.8 Å². The van der Waals surface area contributed by atoms with Crippen molar-refractivity contribution < 1.29 is 19.4 Å². The number of methoxy groups -OCH3 is 1. The van der Waals surface area contributed by atoms with Gasteiger partial charge in [-0.25, -0.2) is 4.79 Å². The Balaban J connectivity index is 2.44. The topological polar surface area (TPSA) is 102 Å². The molecule has 6 nitrogen and oxygen atoms in total. The van der Waals surface area contributed by atoms with Crippen molar-refractivity contribution in [1.82, 2.24) is 5.32 Å². The summed E-state index contributed by atoms with van der Waals surface area (Å²) in [5, 5.41) is 11.2. The Morgan fingerprint density at radius 2 is 2.21 bits per heavy atom. The minimum Gasteiger partial charge on any atom is -0.480 e. The molecular formula is C8H14N2O4. The van der Waals surface area contributed by atoms with Gasteiger partial charge in [-0.2, -0.15) is 0 Å². The summed E-state index contributed by atoms with van der Waals surface area (Å²) in [7, 11) is 1.43. The molecule has 4 N–H and O–H groups in total. The Bertz CT molecular complexity index is 250. The van der Waals surface area contributed by atoms with E-state index in [0.717, 1.165) is 0 Å². The highest BCUT2D eigenvalue weighted by Crippen LogP contribution is 2.35. The molecule has 1 fully saturated rings. The fourth-order valence-electron chi connectivity index (χ4n) is 1.10. The number of rotatable bonds is 5. The molecular weight excluding hydrogens is 188 g/mol. The summed E-state index contributed by atoms with van der Waals surface area (Å²) in [4.78, 5) is 22.0. The van der Waals surface area contributed by atoms with Crippen LogP contribution in [0.4, 0.5) is 0 Å². The molecule has 0 heterocycles. The van der Waals surface area contributed by atoms with E-state index in [1.54, 1.807) is 0 Å². The van der Waals surface area contributed by atoms with Crippen LogP contribution in [0, 0.1) is 0 Å². The predicted molar refractivity (Wildman–Crippen MR) is 47.6 cm³/mol. The zero-order valence-corrected chi connectivity index (χ0v) is 7.95. The van der Waals surface area contributed by atoms with Crippen LogP contribution in [0.1, 0.15) is 12.8 Å². The first kappa shape index (κ1) is 10.9. The van der Waals surface area contributed by atoms with Crippen molar-refractivity contribution in [3.05, 3.63) is 0 Å². The molecule has 0 aliphatic heterocycles. The normalized spacial score (nSPS) is 19.9. The molecule has 1 aliphatic rings. The second-order valence-electron chi connectivity index (χ2n) is 3.44. The van der Waals surface area contributed by atoms with Gasteiger partial charge in [0.25, 0.3) is 0 Å². The maximum absolute atomic E-state index is 11.3. The molecule has 80 valence electrons. The van der Waals surface area contributed by atoms with E-state index < -0.39 is 23.5 Å². The maximum atomic E-state index is 11.3. The van der Waals surface area contributed by atoms with E-state index in [4.69, 9.17) is 10.8 Å². The number of hydrogen-bond donors (Lipinski definition) is 3. The minimum absolute atomic E-state index is 0.0849. The number of amides is 1. The first-order chi connectivity index (χ1) is 6.52. The van der Waals surface area contributed by atoms with Crippen LogP contribution in [0.2, 0.25) is 0 Å². The average Bonchev–Trinajstić information content (AvgIpc) is 2.86. The molecule has 1 rings (SSSR count). The van der Waals surface area contributed by atoms with E-state index in [-0.39, 0.29) is 6.61 Å². The summed E-state index contributed by atoms with van der Waals surface area (Å²) < 4.78 is 4.69. The molecule has 0 bridgehead atoms. The summed E-state index contributed by atoms with van der Waals surface area (Å²) in [6.07, 6.45) is 0.932. The second-order valence-corrected chi connectivity index (χ2v) is 3.44. The highest BCUT2D eigenvalue weighted by molar-refractivity contribution is 5.91. The summed E-state index contributed by atoms with van der Waals surface area (Å²) >= 11 is 0. The van der Waals surface area contributed by atoms with Crippen molar-refractivity contribution in [3.8, 4) is 0 Å². The van der Waals surface area contributed by atoms with Crippen LogP contribution >= 0.6 is 0 Å². The molecule has 1 unspecified atom stereocenters. The van der Waals surface area contributed by atoms with Gasteiger partial charge in [0.05, 0.1) is 6.61 Å². The third-order valence-electron chi connectivity index (χ3n) is 2.20. The van der Waals surface area contributed by atoms with Gasteiger partial charge in [-0.1, -0.05) is 0 Å². The number of carboxylic acids is 1. The highest BCUT2D eigenvalue weighted by atomic mass is 16.5. The van der Waals surface area contributed by atoms with Crippen molar-refractivity contribution in [2.75, 3.05) is 13.7 Å². The summed E-state index contributed by atoms with van der Waals surface area (Å²) in [6.45, 7) is 0.0849. The fraction of sp³-hybridized carbons (Fsp3) is 0.750. The zero-order valence-electron chi connectivity index (χ0n) is 7.95. The van der Waals surface area contributed by atoms with Crippen LogP contribution in [0.15, 0.2) is 0 Å². The SMILES string of the molecule is COCC(N)C(=O)NC1(C(=O)O)CC1. The molecule has 6 heteroatoms. The molecule has 0 radical (unpaired) electrons. The molecule has 1 aliphatic carbocycles. The number of nitrogens with two attached hydrogens (primary N) is 1. The molecule has 0 aromatic rings. The van der Waals surface area contributed by atoms with E-state index in [1.807, 2.05) is 0 Å². The van der Waals surface area contributed by atoms with Gasteiger partial charge in [0.1, 0.15) is 11.6 Å². The first-order valence-electron chi connectivity index (χ1n) is 4.32. The molecule has 0 saturated heterocycles. The Hall–Kier alpha value is -1.14. The Morgan fingerprint density at radius 1 is 1.64 bits per heavy atom. The Labute approximate surface area is 81.4 Å². The smallest absolute Gasteiger partial charge is 0.329 e. The third kappa shape index (κ3) is 2.21. The number of carbonyl (C=O) groups excluding carboxylic acids is 1. The van der Waals surface area contributed by atoms with Crippen LogP contribution in [0.25, 0.3) is 0 Å². The average molecular weight is 202 g/mol. The largest absolute Gasteiger partial charge is 0.480 e. The monoisotopic (exact) mass is 202 g/mol. The quantitative estimate of drug-likeness (QED) is 0.514. The molecule has 0 aromatic heterocycles. The van der Waals surface area contributed by atoms with E-state index in [1.165, 1.54) is 7.11 Å². The minimum atomic E-state index is -1.07. The fourth-order valence-corrected chi connectivity index (χ4v) is 1.10. The van der Waals surface area contributed by atoms with Gasteiger partial charge < -0.3 is 20.9 Å². The molecule has 1 amide bonds. The number of carboxylic acid groups (broad SMARTS) is 1. The lowest BCUT2D eigenvalue weighted by atomic mass is 10.2. The van der Waals surface area contributed by atoms with Crippen LogP contribution in [0.5, 0.6) is 0 Å². The van der Waals surface area contributed by atoms with Gasteiger partial charge in [0.15, 0.2) is 0 Å². The van der Waals surface area contributed by atoms with Crippen molar-refractivity contribution >= 4 is 11.9 Å². The molecule has 1 saturated carbocycles. The van der Waals surface area contributed by atoms with Crippen LogP contribution in [0.3, 0.4) is 0 Å². The van der Waals surface area contributed by atoms with Gasteiger partial charge in [-0.3, -0.25) is 4.79 Å². The zero-order chi connectivity index (χ0) is 10.8. The lowest BCUT2D eigenvalue weighted by molar-refractivity contribution is -0.143. The summed E-state index contributed by atoms with van der Waals surface area (Å²) in [5.74, 6) is -1.48. The molecule has 14 heavy (non-hydrogen) atoms. The Morgan fingerprint density at radius 3 is 2.57 bits per heavy atom. The first-order valence-corrected chi connectivity index (χ1v) is 4.32. The van der Waals surface area contributed by atoms with Gasteiger partial charge >= 0.3 is 5.97 Å². The number of nitrogens with one attached hydrogen (secondary N) is 1. The van der Waals surface area contributed by atoms with E-state index >= 15 is 0 Å². The van der Waals surface area contributed by atoms with Crippen molar-refractivity contribution in [2.45, 2.75) is 24.4 Å².